The van der Waals surface area contributed by atoms with Gasteiger partial charge in [0.05, 0.1) is 13.7 Å². The lowest BCUT2D eigenvalue weighted by Gasteiger charge is -2.10. The first-order chi connectivity index (χ1) is 11.7. The lowest BCUT2D eigenvalue weighted by molar-refractivity contribution is 0.387. The maximum atomic E-state index is 5.16. The highest BCUT2D eigenvalue weighted by Crippen LogP contribution is 2.12. The van der Waals surface area contributed by atoms with Gasteiger partial charge in [0.1, 0.15) is 5.75 Å². The van der Waals surface area contributed by atoms with Crippen LogP contribution in [-0.2, 0) is 13.0 Å². The molecule has 25 heavy (non-hydrogen) atoms. The number of guanidine groups is 1. The predicted molar refractivity (Wildman–Crippen MR) is 109 cm³/mol. The van der Waals surface area contributed by atoms with Crippen LogP contribution in [0.15, 0.2) is 33.8 Å². The molecule has 1 aromatic carbocycles. The van der Waals surface area contributed by atoms with Gasteiger partial charge < -0.3 is 19.9 Å². The van der Waals surface area contributed by atoms with E-state index in [1.54, 1.807) is 21.1 Å². The quantitative estimate of drug-likeness (QED) is 0.273. The van der Waals surface area contributed by atoms with E-state index in [9.17, 15) is 0 Å². The third-order valence-corrected chi connectivity index (χ3v) is 3.55. The number of aliphatic imine (C=N–C) groups is 1. The van der Waals surface area contributed by atoms with E-state index in [0.29, 0.717) is 18.3 Å². The van der Waals surface area contributed by atoms with E-state index in [-0.39, 0.29) is 24.0 Å². The van der Waals surface area contributed by atoms with Gasteiger partial charge in [0.25, 0.3) is 0 Å². The summed E-state index contributed by atoms with van der Waals surface area (Å²) >= 11 is 0. The second-order valence-electron chi connectivity index (χ2n) is 5.39. The maximum absolute atomic E-state index is 5.16. The van der Waals surface area contributed by atoms with Gasteiger partial charge in [-0.05, 0) is 37.0 Å². The van der Waals surface area contributed by atoms with Crippen LogP contribution in [0.1, 0.15) is 30.1 Å². The van der Waals surface area contributed by atoms with Gasteiger partial charge in [-0.2, -0.15) is 4.98 Å². The van der Waals surface area contributed by atoms with Crippen molar-refractivity contribution in [3.63, 3.8) is 0 Å². The SMILES string of the molecule is CN=C(NCCCCc1ccc(OC)cc1)NCc1noc(C)n1.I. The van der Waals surface area contributed by atoms with Gasteiger partial charge in [0.2, 0.25) is 5.89 Å². The van der Waals surface area contributed by atoms with Crippen LogP contribution in [0, 0.1) is 6.92 Å². The smallest absolute Gasteiger partial charge is 0.223 e. The molecule has 0 bridgehead atoms. The number of aryl methyl sites for hydroxylation is 2. The largest absolute Gasteiger partial charge is 0.497 e. The number of hydrogen-bond donors (Lipinski definition) is 2. The molecule has 1 heterocycles. The Morgan fingerprint density at radius 1 is 1.20 bits per heavy atom. The summed E-state index contributed by atoms with van der Waals surface area (Å²) in [6, 6.07) is 8.22. The van der Waals surface area contributed by atoms with E-state index in [1.807, 2.05) is 12.1 Å². The molecule has 0 aliphatic carbocycles. The van der Waals surface area contributed by atoms with Crippen molar-refractivity contribution in [3.05, 3.63) is 41.5 Å². The molecule has 2 aromatic rings. The molecule has 7 nitrogen and oxygen atoms in total. The minimum atomic E-state index is 0. The normalized spacial score (nSPS) is 10.9. The Morgan fingerprint density at radius 3 is 2.56 bits per heavy atom. The Labute approximate surface area is 165 Å². The van der Waals surface area contributed by atoms with E-state index in [0.717, 1.165) is 37.5 Å². The Balaban J connectivity index is 0.00000312. The monoisotopic (exact) mass is 459 g/mol. The van der Waals surface area contributed by atoms with Crippen molar-refractivity contribution in [2.24, 2.45) is 4.99 Å². The van der Waals surface area contributed by atoms with Crippen LogP contribution in [0.3, 0.4) is 0 Å². The number of benzene rings is 1. The van der Waals surface area contributed by atoms with E-state index in [4.69, 9.17) is 9.26 Å². The third kappa shape index (κ3) is 7.72. The van der Waals surface area contributed by atoms with Gasteiger partial charge in [-0.15, -0.1) is 24.0 Å². The molecule has 0 spiro atoms. The fourth-order valence-corrected chi connectivity index (χ4v) is 2.25. The van der Waals surface area contributed by atoms with Gasteiger partial charge >= 0.3 is 0 Å². The molecule has 2 N–H and O–H groups in total. The predicted octanol–water partition coefficient (Wildman–Crippen LogP) is 2.69. The van der Waals surface area contributed by atoms with Crippen molar-refractivity contribution in [1.82, 2.24) is 20.8 Å². The molecular weight excluding hydrogens is 433 g/mol. The molecule has 138 valence electrons. The number of rotatable bonds is 8. The number of nitrogens with zero attached hydrogens (tertiary/aromatic N) is 3. The number of ether oxygens (including phenoxy) is 1. The van der Waals surface area contributed by atoms with E-state index in [2.05, 4.69) is 37.9 Å². The van der Waals surface area contributed by atoms with Crippen LogP contribution < -0.4 is 15.4 Å². The van der Waals surface area contributed by atoms with Crippen molar-refractivity contribution in [2.75, 3.05) is 20.7 Å². The summed E-state index contributed by atoms with van der Waals surface area (Å²) in [7, 11) is 3.43. The Kier molecular flexibility index (Phi) is 9.90. The van der Waals surface area contributed by atoms with Gasteiger partial charge in [0, 0.05) is 20.5 Å². The Bertz CT molecular complexity index is 643. The number of nitrogens with one attached hydrogen (secondary N) is 2. The van der Waals surface area contributed by atoms with Gasteiger partial charge in [-0.25, -0.2) is 0 Å². The highest BCUT2D eigenvalue weighted by atomic mass is 127. The first-order valence-corrected chi connectivity index (χ1v) is 8.08. The molecule has 0 saturated heterocycles. The van der Waals surface area contributed by atoms with Crippen LogP contribution >= 0.6 is 24.0 Å². The molecule has 0 amide bonds. The summed E-state index contributed by atoms with van der Waals surface area (Å²) in [6.45, 7) is 3.12. The average Bonchev–Trinajstić information content (AvgIpc) is 3.03. The zero-order valence-electron chi connectivity index (χ0n) is 14.9. The first kappa shape index (κ1) is 21.2. The summed E-state index contributed by atoms with van der Waals surface area (Å²) in [5.74, 6) is 2.82. The second-order valence-corrected chi connectivity index (χ2v) is 5.39. The molecule has 0 fully saturated rings. The van der Waals surface area contributed by atoms with Gasteiger partial charge in [-0.3, -0.25) is 4.99 Å². The third-order valence-electron chi connectivity index (χ3n) is 3.55. The van der Waals surface area contributed by atoms with Crippen molar-refractivity contribution in [3.8, 4) is 5.75 Å². The number of methoxy groups -OCH3 is 1. The summed E-state index contributed by atoms with van der Waals surface area (Å²) in [4.78, 5) is 8.32. The minimum absolute atomic E-state index is 0. The first-order valence-electron chi connectivity index (χ1n) is 8.08. The molecule has 0 saturated carbocycles. The molecule has 0 aliphatic rings. The number of halogens is 1. The zero-order chi connectivity index (χ0) is 17.2. The van der Waals surface area contributed by atoms with Crippen LogP contribution in [0.2, 0.25) is 0 Å². The van der Waals surface area contributed by atoms with Crippen LogP contribution in [0.4, 0.5) is 0 Å². The summed E-state index contributed by atoms with van der Waals surface area (Å²) in [6.07, 6.45) is 3.23. The number of hydrogen-bond acceptors (Lipinski definition) is 5. The van der Waals surface area contributed by atoms with Crippen LogP contribution in [0.25, 0.3) is 0 Å². The molecule has 0 atom stereocenters. The lowest BCUT2D eigenvalue weighted by atomic mass is 10.1. The topological polar surface area (TPSA) is 84.6 Å². The molecule has 0 unspecified atom stereocenters. The highest BCUT2D eigenvalue weighted by molar-refractivity contribution is 14.0. The van der Waals surface area contributed by atoms with Crippen molar-refractivity contribution in [2.45, 2.75) is 32.7 Å². The maximum Gasteiger partial charge on any atom is 0.223 e. The van der Waals surface area contributed by atoms with E-state index < -0.39 is 0 Å². The van der Waals surface area contributed by atoms with Crippen LogP contribution in [0.5, 0.6) is 5.75 Å². The fraction of sp³-hybridized carbons (Fsp3) is 0.471. The van der Waals surface area contributed by atoms with Crippen molar-refractivity contribution >= 4 is 29.9 Å². The molecule has 0 radical (unpaired) electrons. The highest BCUT2D eigenvalue weighted by Gasteiger charge is 2.03. The Morgan fingerprint density at radius 2 is 1.96 bits per heavy atom. The van der Waals surface area contributed by atoms with Crippen LogP contribution in [-0.4, -0.2) is 36.8 Å². The average molecular weight is 459 g/mol. The molecule has 2 rings (SSSR count). The standard InChI is InChI=1S/C17H25N5O2.HI/c1-13-21-16(22-24-13)12-20-17(18-2)19-11-5-4-6-14-7-9-15(23-3)10-8-14;/h7-10H,4-6,11-12H2,1-3H3,(H2,18,19,20);1H. The molecular formula is C17H26IN5O2. The molecule has 8 heteroatoms. The molecule has 0 aliphatic heterocycles. The number of unbranched alkanes of at least 4 members (excludes halogenated alkanes) is 1. The fourth-order valence-electron chi connectivity index (χ4n) is 2.25. The lowest BCUT2D eigenvalue weighted by Crippen LogP contribution is -2.37. The summed E-state index contributed by atoms with van der Waals surface area (Å²) < 4.78 is 10.1. The number of aromatic nitrogens is 2. The minimum Gasteiger partial charge on any atom is -0.497 e. The second kappa shape index (κ2) is 11.7. The van der Waals surface area contributed by atoms with Gasteiger partial charge in [-0.1, -0.05) is 17.3 Å². The van der Waals surface area contributed by atoms with Crippen molar-refractivity contribution in [1.29, 1.82) is 0 Å². The molecule has 1 aromatic heterocycles. The van der Waals surface area contributed by atoms with E-state index >= 15 is 0 Å². The van der Waals surface area contributed by atoms with Crippen molar-refractivity contribution < 1.29 is 9.26 Å². The zero-order valence-corrected chi connectivity index (χ0v) is 17.2. The van der Waals surface area contributed by atoms with E-state index in [1.165, 1.54) is 5.56 Å². The Hall–Kier alpha value is -1.84. The summed E-state index contributed by atoms with van der Waals surface area (Å²) in [5.41, 5.74) is 1.32. The van der Waals surface area contributed by atoms with Gasteiger partial charge in [0.15, 0.2) is 11.8 Å². The summed E-state index contributed by atoms with van der Waals surface area (Å²) in [5, 5.41) is 10.3.